The molecule has 2 N–H and O–H groups in total. The summed E-state index contributed by atoms with van der Waals surface area (Å²) in [6, 6.07) is 8.47. The van der Waals surface area contributed by atoms with Gasteiger partial charge in [-0.15, -0.1) is 0 Å². The first-order chi connectivity index (χ1) is 12.1. The fourth-order valence-corrected chi connectivity index (χ4v) is 3.63. The number of likely N-dealkylation sites (tertiary alicyclic amines) is 1. The van der Waals surface area contributed by atoms with Gasteiger partial charge in [-0.05, 0) is 30.0 Å². The quantitative estimate of drug-likeness (QED) is 0.757. The second kappa shape index (κ2) is 6.33. The number of carbonyl (C=O) groups excluding carboxylic acids is 1. The minimum Gasteiger partial charge on any atom is -0.361 e. The van der Waals surface area contributed by atoms with E-state index in [1.54, 1.807) is 14.0 Å². The molecule has 1 saturated heterocycles. The summed E-state index contributed by atoms with van der Waals surface area (Å²) in [5.41, 5.74) is 2.34. The lowest BCUT2D eigenvalue weighted by Crippen LogP contribution is -2.32. The molecule has 1 aliphatic heterocycles. The van der Waals surface area contributed by atoms with E-state index in [4.69, 9.17) is 4.52 Å². The van der Waals surface area contributed by atoms with Crippen LogP contribution in [0.1, 0.15) is 23.2 Å². The number of nitrogens with one attached hydrogen (secondary N) is 2. The SMILES string of the molecule is CNC(=O)[C@@H]1CN(Cc2ccc3cc[nH]c3c2)C[C@H]1c1nc(C)no1. The molecule has 0 unspecified atom stereocenters. The van der Waals surface area contributed by atoms with E-state index in [1.165, 1.54) is 10.9 Å². The summed E-state index contributed by atoms with van der Waals surface area (Å²) < 4.78 is 5.35. The largest absolute Gasteiger partial charge is 0.361 e. The second-order valence-corrected chi connectivity index (χ2v) is 6.60. The number of benzene rings is 1. The highest BCUT2D eigenvalue weighted by molar-refractivity contribution is 5.80. The van der Waals surface area contributed by atoms with Crippen LogP contribution < -0.4 is 5.32 Å². The third-order valence-electron chi connectivity index (χ3n) is 4.86. The van der Waals surface area contributed by atoms with Crippen molar-refractivity contribution in [3.8, 4) is 0 Å². The molecular weight excluding hydrogens is 318 g/mol. The summed E-state index contributed by atoms with van der Waals surface area (Å²) in [6.45, 7) is 3.98. The maximum atomic E-state index is 12.3. The number of H-pyrrole nitrogens is 1. The summed E-state index contributed by atoms with van der Waals surface area (Å²) in [7, 11) is 1.67. The number of hydrogen-bond acceptors (Lipinski definition) is 5. The van der Waals surface area contributed by atoms with E-state index < -0.39 is 0 Å². The van der Waals surface area contributed by atoms with Crippen molar-refractivity contribution in [2.24, 2.45) is 5.92 Å². The predicted molar refractivity (Wildman–Crippen MR) is 92.9 cm³/mol. The van der Waals surface area contributed by atoms with Gasteiger partial charge in [0.15, 0.2) is 5.82 Å². The molecule has 3 heterocycles. The summed E-state index contributed by atoms with van der Waals surface area (Å²) in [6.07, 6.45) is 1.94. The van der Waals surface area contributed by atoms with Crippen LogP contribution >= 0.6 is 0 Å². The molecule has 0 aliphatic carbocycles. The molecule has 130 valence electrons. The highest BCUT2D eigenvalue weighted by atomic mass is 16.5. The van der Waals surface area contributed by atoms with Crippen LogP contribution in [0.5, 0.6) is 0 Å². The number of hydrogen-bond donors (Lipinski definition) is 2. The Balaban J connectivity index is 1.55. The maximum absolute atomic E-state index is 12.3. The lowest BCUT2D eigenvalue weighted by atomic mass is 9.95. The average molecular weight is 339 g/mol. The molecule has 1 amide bonds. The Hall–Kier alpha value is -2.67. The van der Waals surface area contributed by atoms with Gasteiger partial charge in [-0.25, -0.2) is 0 Å². The molecule has 7 heteroatoms. The molecule has 3 aromatic rings. The Morgan fingerprint density at radius 3 is 3.04 bits per heavy atom. The number of amides is 1. The van der Waals surface area contributed by atoms with E-state index in [1.807, 2.05) is 6.20 Å². The fraction of sp³-hybridized carbons (Fsp3) is 0.389. The summed E-state index contributed by atoms with van der Waals surface area (Å²) >= 11 is 0. The zero-order valence-electron chi connectivity index (χ0n) is 14.3. The Labute approximate surface area is 145 Å². The van der Waals surface area contributed by atoms with Gasteiger partial charge in [-0.3, -0.25) is 9.69 Å². The highest BCUT2D eigenvalue weighted by Crippen LogP contribution is 2.33. The van der Waals surface area contributed by atoms with Crippen molar-refractivity contribution in [1.29, 1.82) is 0 Å². The normalized spacial score (nSPS) is 21.0. The molecule has 1 fully saturated rings. The molecule has 0 radical (unpaired) electrons. The molecule has 25 heavy (non-hydrogen) atoms. The topological polar surface area (TPSA) is 87.0 Å². The third kappa shape index (κ3) is 3.02. The van der Waals surface area contributed by atoms with Crippen LogP contribution in [0.3, 0.4) is 0 Å². The number of aromatic nitrogens is 3. The minimum atomic E-state index is -0.181. The zero-order chi connectivity index (χ0) is 17.4. The molecule has 2 aromatic heterocycles. The van der Waals surface area contributed by atoms with Crippen LogP contribution in [-0.2, 0) is 11.3 Å². The number of carbonyl (C=O) groups is 1. The Morgan fingerprint density at radius 1 is 1.40 bits per heavy atom. The highest BCUT2D eigenvalue weighted by Gasteiger charge is 2.41. The Bertz CT molecular complexity index is 900. The van der Waals surface area contributed by atoms with Gasteiger partial charge in [0.25, 0.3) is 0 Å². The van der Waals surface area contributed by atoms with Gasteiger partial charge in [-0.2, -0.15) is 4.98 Å². The first-order valence-electron chi connectivity index (χ1n) is 8.44. The van der Waals surface area contributed by atoms with Crippen LogP contribution in [0.15, 0.2) is 35.0 Å². The van der Waals surface area contributed by atoms with Crippen molar-refractivity contribution in [3.63, 3.8) is 0 Å². The molecule has 4 rings (SSSR count). The number of fused-ring (bicyclic) bond motifs is 1. The smallest absolute Gasteiger partial charge is 0.231 e. The Morgan fingerprint density at radius 2 is 2.28 bits per heavy atom. The van der Waals surface area contributed by atoms with Gasteiger partial charge in [0.1, 0.15) is 0 Å². The Kier molecular flexibility index (Phi) is 4.01. The molecule has 7 nitrogen and oxygen atoms in total. The van der Waals surface area contributed by atoms with Gasteiger partial charge >= 0.3 is 0 Å². The second-order valence-electron chi connectivity index (χ2n) is 6.60. The first-order valence-corrected chi connectivity index (χ1v) is 8.44. The van der Waals surface area contributed by atoms with Crippen molar-refractivity contribution in [3.05, 3.63) is 47.7 Å². The van der Waals surface area contributed by atoms with E-state index >= 15 is 0 Å². The predicted octanol–water partition coefficient (Wildman–Crippen LogP) is 1.82. The minimum absolute atomic E-state index is 0.0168. The van der Waals surface area contributed by atoms with E-state index in [9.17, 15) is 4.79 Å². The molecule has 0 spiro atoms. The monoisotopic (exact) mass is 339 g/mol. The number of nitrogens with zero attached hydrogens (tertiary/aromatic N) is 3. The van der Waals surface area contributed by atoms with E-state index in [-0.39, 0.29) is 17.7 Å². The van der Waals surface area contributed by atoms with Crippen molar-refractivity contribution in [2.75, 3.05) is 20.1 Å². The van der Waals surface area contributed by atoms with Gasteiger partial charge in [0, 0.05) is 38.4 Å². The van der Waals surface area contributed by atoms with E-state index in [2.05, 4.69) is 49.6 Å². The van der Waals surface area contributed by atoms with Gasteiger partial charge in [-0.1, -0.05) is 17.3 Å². The summed E-state index contributed by atoms with van der Waals surface area (Å²) in [5.74, 6) is 0.910. The fourth-order valence-electron chi connectivity index (χ4n) is 3.63. The lowest BCUT2D eigenvalue weighted by Gasteiger charge is -2.15. The molecule has 1 aromatic carbocycles. The van der Waals surface area contributed by atoms with Crippen LogP contribution in [0.25, 0.3) is 10.9 Å². The van der Waals surface area contributed by atoms with Crippen LogP contribution in [-0.4, -0.2) is 46.1 Å². The number of aryl methyl sites for hydroxylation is 1. The van der Waals surface area contributed by atoms with Gasteiger partial charge in [0.2, 0.25) is 11.8 Å². The standard InChI is InChI=1S/C18H21N5O2/c1-11-21-18(25-22-11)15-10-23(9-14(15)17(24)19-2)8-12-3-4-13-5-6-20-16(13)7-12/h3-7,14-15,20H,8-10H2,1-2H3,(H,19,24)/t14-,15-/m1/s1. The molecule has 2 atom stereocenters. The number of rotatable bonds is 4. The van der Waals surface area contributed by atoms with E-state index in [0.717, 1.165) is 18.6 Å². The van der Waals surface area contributed by atoms with E-state index in [0.29, 0.717) is 18.3 Å². The van der Waals surface area contributed by atoms with Crippen molar-refractivity contribution in [1.82, 2.24) is 25.3 Å². The molecule has 1 aliphatic rings. The van der Waals surface area contributed by atoms with Gasteiger partial charge < -0.3 is 14.8 Å². The summed E-state index contributed by atoms with van der Waals surface area (Å²) in [5, 5.41) is 7.84. The first kappa shape index (κ1) is 15.8. The van der Waals surface area contributed by atoms with Crippen molar-refractivity contribution < 1.29 is 9.32 Å². The molecule has 0 saturated carbocycles. The lowest BCUT2D eigenvalue weighted by molar-refractivity contribution is -0.124. The van der Waals surface area contributed by atoms with Crippen molar-refractivity contribution >= 4 is 16.8 Å². The average Bonchev–Trinajstić information content (AvgIpc) is 3.33. The maximum Gasteiger partial charge on any atom is 0.231 e. The molecule has 0 bridgehead atoms. The van der Waals surface area contributed by atoms with Crippen LogP contribution in [0.2, 0.25) is 0 Å². The molecular formula is C18H21N5O2. The van der Waals surface area contributed by atoms with Crippen LogP contribution in [0.4, 0.5) is 0 Å². The zero-order valence-corrected chi connectivity index (χ0v) is 14.3. The summed E-state index contributed by atoms with van der Waals surface area (Å²) in [4.78, 5) is 22.2. The number of aromatic amines is 1. The van der Waals surface area contributed by atoms with Crippen LogP contribution in [0, 0.1) is 12.8 Å². The van der Waals surface area contributed by atoms with Gasteiger partial charge in [0.05, 0.1) is 11.8 Å². The third-order valence-corrected chi connectivity index (χ3v) is 4.86. The van der Waals surface area contributed by atoms with Crippen molar-refractivity contribution in [2.45, 2.75) is 19.4 Å².